The third-order valence-electron chi connectivity index (χ3n) is 12.0. The van der Waals surface area contributed by atoms with E-state index in [1.807, 2.05) is 24.3 Å². The molecule has 0 bridgehead atoms. The van der Waals surface area contributed by atoms with Gasteiger partial charge in [-0.2, -0.15) is 0 Å². The van der Waals surface area contributed by atoms with Gasteiger partial charge in [0.05, 0.1) is 12.5 Å². The molecule has 0 unspecified atom stereocenters. The van der Waals surface area contributed by atoms with Crippen LogP contribution in [0.2, 0.25) is 0 Å². The summed E-state index contributed by atoms with van der Waals surface area (Å²) in [7, 11) is 0. The van der Waals surface area contributed by atoms with E-state index in [4.69, 9.17) is 8.83 Å². The van der Waals surface area contributed by atoms with Crippen LogP contribution in [0.4, 0.5) is 34.1 Å². The molecule has 0 spiro atoms. The molecule has 5 heteroatoms. The largest absolute Gasteiger partial charge is 0.464 e. The van der Waals surface area contributed by atoms with E-state index in [0.717, 1.165) is 34.0 Å². The molecule has 0 radical (unpaired) electrons. The topological polar surface area (TPSA) is 32.8 Å². The van der Waals surface area contributed by atoms with E-state index in [0.29, 0.717) is 0 Å². The lowest BCUT2D eigenvalue weighted by Gasteiger charge is -2.45. The van der Waals surface area contributed by atoms with Gasteiger partial charge in [0, 0.05) is 45.3 Å². The summed E-state index contributed by atoms with van der Waals surface area (Å²) >= 11 is 0. The second kappa shape index (κ2) is 13.7. The molecule has 4 nitrogen and oxygen atoms in total. The molecule has 0 amide bonds. The zero-order valence-corrected chi connectivity index (χ0v) is 33.3. The van der Waals surface area contributed by atoms with E-state index in [1.165, 1.54) is 67.0 Å². The standard InChI is InChI=1S/C54H41BN2O2/c1-54(2,3)42-34-49-53-50(35-42)57(44-28-25-37(26-29-44)36-17-21-39(22-18-36)51-15-9-31-58-51)47-14-8-7-13-45(47)55(53)46-33-41(27-30-48(46)56(49)43-11-5-4-6-12-43)38-19-23-40(24-20-38)52-16-10-32-59-52/h4-35H,1-3H3. The molecule has 282 valence electrons. The first-order valence-electron chi connectivity index (χ1n) is 20.3. The van der Waals surface area contributed by atoms with Gasteiger partial charge in [0.25, 0.3) is 6.71 Å². The van der Waals surface area contributed by atoms with Crippen LogP contribution in [0.1, 0.15) is 26.3 Å². The van der Waals surface area contributed by atoms with E-state index in [9.17, 15) is 0 Å². The maximum atomic E-state index is 5.71. The molecule has 0 atom stereocenters. The van der Waals surface area contributed by atoms with Crippen LogP contribution in [0.25, 0.3) is 44.9 Å². The number of fused-ring (bicyclic) bond motifs is 4. The number of rotatable bonds is 6. The van der Waals surface area contributed by atoms with Gasteiger partial charge in [0.2, 0.25) is 0 Å². The van der Waals surface area contributed by atoms with Crippen molar-refractivity contribution in [1.29, 1.82) is 0 Å². The lowest BCUT2D eigenvalue weighted by Crippen LogP contribution is -2.61. The predicted molar refractivity (Wildman–Crippen MR) is 245 cm³/mol. The summed E-state index contributed by atoms with van der Waals surface area (Å²) in [4.78, 5) is 4.99. The van der Waals surface area contributed by atoms with Crippen LogP contribution >= 0.6 is 0 Å². The third-order valence-corrected chi connectivity index (χ3v) is 12.0. The van der Waals surface area contributed by atoms with Gasteiger partial charge in [-0.3, -0.25) is 0 Å². The molecule has 7 aromatic carbocycles. The molecular weight excluding hydrogens is 719 g/mol. The number of para-hydroxylation sites is 2. The maximum Gasteiger partial charge on any atom is 0.252 e. The minimum absolute atomic E-state index is 0.0192. The average Bonchev–Trinajstić information content (AvgIpc) is 4.03. The predicted octanol–water partition coefficient (Wildman–Crippen LogP) is 12.9. The van der Waals surface area contributed by atoms with Gasteiger partial charge in [-0.15, -0.1) is 0 Å². The van der Waals surface area contributed by atoms with Gasteiger partial charge in [-0.05, 0) is 122 Å². The Kier molecular flexibility index (Phi) is 8.13. The van der Waals surface area contributed by atoms with E-state index in [1.54, 1.807) is 12.5 Å². The molecule has 0 fully saturated rings. The molecule has 0 saturated heterocycles. The molecule has 9 aromatic rings. The van der Waals surface area contributed by atoms with Crippen molar-refractivity contribution in [2.45, 2.75) is 26.2 Å². The molecule has 0 N–H and O–H groups in total. The van der Waals surface area contributed by atoms with Gasteiger partial charge in [0.15, 0.2) is 0 Å². The summed E-state index contributed by atoms with van der Waals surface area (Å²) in [6, 6.07) is 66.0. The Labute approximate surface area is 345 Å². The molecule has 59 heavy (non-hydrogen) atoms. The Morgan fingerprint density at radius 1 is 0.390 bits per heavy atom. The van der Waals surface area contributed by atoms with Crippen LogP contribution in [0.15, 0.2) is 203 Å². The summed E-state index contributed by atoms with van der Waals surface area (Å²) in [6.07, 6.45) is 3.44. The molecule has 0 saturated carbocycles. The number of hydrogen-bond acceptors (Lipinski definition) is 4. The van der Waals surface area contributed by atoms with E-state index < -0.39 is 0 Å². The highest BCUT2D eigenvalue weighted by Crippen LogP contribution is 2.46. The van der Waals surface area contributed by atoms with E-state index in [-0.39, 0.29) is 12.1 Å². The molecule has 2 aliphatic heterocycles. The zero-order chi connectivity index (χ0) is 39.7. The van der Waals surface area contributed by atoms with Gasteiger partial charge in [-0.1, -0.05) is 130 Å². The van der Waals surface area contributed by atoms with Crippen molar-refractivity contribution in [1.82, 2.24) is 0 Å². The lowest BCUT2D eigenvalue weighted by molar-refractivity contribution is 0.582. The van der Waals surface area contributed by atoms with Crippen LogP contribution in [-0.4, -0.2) is 6.71 Å². The van der Waals surface area contributed by atoms with Crippen molar-refractivity contribution >= 4 is 57.2 Å². The van der Waals surface area contributed by atoms with E-state index >= 15 is 0 Å². The fourth-order valence-electron chi connectivity index (χ4n) is 9.04. The zero-order valence-electron chi connectivity index (χ0n) is 33.3. The van der Waals surface area contributed by atoms with Crippen LogP contribution in [0.3, 0.4) is 0 Å². The number of benzene rings is 7. The molecule has 11 rings (SSSR count). The Balaban J connectivity index is 1.09. The summed E-state index contributed by atoms with van der Waals surface area (Å²) in [5.74, 6) is 1.75. The number of furan rings is 2. The second-order valence-corrected chi connectivity index (χ2v) is 16.6. The van der Waals surface area contributed by atoms with Crippen LogP contribution < -0.4 is 26.2 Å². The smallest absolute Gasteiger partial charge is 0.252 e. The average molecular weight is 761 g/mol. The van der Waals surface area contributed by atoms with Crippen LogP contribution in [-0.2, 0) is 5.41 Å². The SMILES string of the molecule is CC(C)(C)c1cc2c3c(c1)N(c1ccccc1)c1ccc(-c4ccc(-c5ccco5)cc4)cc1B3c1ccccc1N2c1ccc(-c2ccc(-c3ccco3)cc2)cc1. The van der Waals surface area contributed by atoms with Crippen molar-refractivity contribution in [3.8, 4) is 44.9 Å². The lowest BCUT2D eigenvalue weighted by atomic mass is 9.33. The first kappa shape index (κ1) is 35.0. The molecule has 4 heterocycles. The Morgan fingerprint density at radius 3 is 1.42 bits per heavy atom. The van der Waals surface area contributed by atoms with Crippen molar-refractivity contribution in [3.05, 3.63) is 200 Å². The van der Waals surface area contributed by atoms with Gasteiger partial charge >= 0.3 is 0 Å². The normalized spacial score (nSPS) is 12.9. The summed E-state index contributed by atoms with van der Waals surface area (Å²) in [5.41, 5.74) is 19.0. The number of nitrogens with zero attached hydrogens (tertiary/aromatic N) is 2. The minimum Gasteiger partial charge on any atom is -0.464 e. The van der Waals surface area contributed by atoms with Crippen LogP contribution in [0.5, 0.6) is 0 Å². The highest BCUT2D eigenvalue weighted by molar-refractivity contribution is 7.00. The van der Waals surface area contributed by atoms with Crippen molar-refractivity contribution in [3.63, 3.8) is 0 Å². The van der Waals surface area contributed by atoms with Gasteiger partial charge in [0.1, 0.15) is 11.5 Å². The van der Waals surface area contributed by atoms with Gasteiger partial charge in [-0.25, -0.2) is 0 Å². The summed E-state index contributed by atoms with van der Waals surface area (Å²) < 4.78 is 11.3. The quantitative estimate of drug-likeness (QED) is 0.158. The second-order valence-electron chi connectivity index (χ2n) is 16.6. The third kappa shape index (κ3) is 5.92. The summed E-state index contributed by atoms with van der Waals surface area (Å²) in [6.45, 7) is 6.97. The fourth-order valence-corrected chi connectivity index (χ4v) is 9.04. The number of hydrogen-bond donors (Lipinski definition) is 0. The Bertz CT molecular complexity index is 2950. The minimum atomic E-state index is -0.0936. The van der Waals surface area contributed by atoms with Crippen molar-refractivity contribution in [2.24, 2.45) is 0 Å². The molecule has 0 aliphatic carbocycles. The Hall–Kier alpha value is -7.24. The highest BCUT2D eigenvalue weighted by Gasteiger charge is 2.44. The molecular formula is C54H41BN2O2. The Morgan fingerprint density at radius 2 is 0.864 bits per heavy atom. The summed E-state index contributed by atoms with van der Waals surface area (Å²) in [5, 5.41) is 0. The molecule has 2 aliphatic rings. The van der Waals surface area contributed by atoms with Crippen LogP contribution in [0, 0.1) is 0 Å². The number of anilines is 6. The highest BCUT2D eigenvalue weighted by atomic mass is 16.3. The first-order valence-corrected chi connectivity index (χ1v) is 20.3. The van der Waals surface area contributed by atoms with E-state index in [2.05, 4.69) is 188 Å². The van der Waals surface area contributed by atoms with Gasteiger partial charge < -0.3 is 18.6 Å². The van der Waals surface area contributed by atoms with Crippen molar-refractivity contribution in [2.75, 3.05) is 9.80 Å². The molecule has 2 aromatic heterocycles. The maximum absolute atomic E-state index is 5.71. The van der Waals surface area contributed by atoms with Crippen molar-refractivity contribution < 1.29 is 8.83 Å². The monoisotopic (exact) mass is 760 g/mol. The first-order chi connectivity index (χ1) is 28.9. The fraction of sp³-hybridized carbons (Fsp3) is 0.0741.